The fourth-order valence-corrected chi connectivity index (χ4v) is 4.25. The van der Waals surface area contributed by atoms with Crippen LogP contribution in [0.1, 0.15) is 50.4 Å². The van der Waals surface area contributed by atoms with Gasteiger partial charge in [-0.3, -0.25) is 4.79 Å². The number of hydrogen-bond donors (Lipinski definition) is 1. The molecule has 0 unspecified atom stereocenters. The Hall–Kier alpha value is -2.34. The molecular formula is C21H26N2O3S. The molecule has 144 valence electrons. The van der Waals surface area contributed by atoms with Gasteiger partial charge in [0.15, 0.2) is 5.78 Å². The molecule has 3 rings (SSSR count). The highest BCUT2D eigenvalue weighted by atomic mass is 32.1. The van der Waals surface area contributed by atoms with E-state index in [1.54, 1.807) is 4.90 Å². The van der Waals surface area contributed by atoms with Crippen LogP contribution in [0.2, 0.25) is 0 Å². The first-order valence-electron chi connectivity index (χ1n) is 9.22. The Morgan fingerprint density at radius 2 is 1.96 bits per heavy atom. The van der Waals surface area contributed by atoms with Crippen molar-refractivity contribution in [3.63, 3.8) is 0 Å². The van der Waals surface area contributed by atoms with Crippen LogP contribution in [0.25, 0.3) is 10.4 Å². The molecule has 0 bridgehead atoms. The zero-order valence-corrected chi connectivity index (χ0v) is 16.8. The number of ketones is 1. The Morgan fingerprint density at radius 1 is 1.26 bits per heavy atom. The number of anilines is 1. The number of nitrogens with zero attached hydrogens (tertiary/aromatic N) is 1. The molecule has 5 nitrogen and oxygen atoms in total. The summed E-state index contributed by atoms with van der Waals surface area (Å²) < 4.78 is 5.48. The van der Waals surface area contributed by atoms with Crippen molar-refractivity contribution in [2.24, 2.45) is 0 Å². The molecule has 1 aliphatic rings. The largest absolute Gasteiger partial charge is 0.444 e. The fraction of sp³-hybridized carbons (Fsp3) is 0.429. The van der Waals surface area contributed by atoms with Gasteiger partial charge in [-0.1, -0.05) is 30.3 Å². The van der Waals surface area contributed by atoms with Crippen molar-refractivity contribution in [2.75, 3.05) is 12.3 Å². The van der Waals surface area contributed by atoms with E-state index in [1.807, 2.05) is 57.2 Å². The quantitative estimate of drug-likeness (QED) is 0.753. The van der Waals surface area contributed by atoms with Crippen molar-refractivity contribution < 1.29 is 14.3 Å². The number of thiophene rings is 1. The van der Waals surface area contributed by atoms with Gasteiger partial charge >= 0.3 is 6.09 Å². The van der Waals surface area contributed by atoms with Crippen LogP contribution in [0.5, 0.6) is 0 Å². The summed E-state index contributed by atoms with van der Waals surface area (Å²) in [4.78, 5) is 27.9. The molecule has 1 atom stereocenters. The third-order valence-electron chi connectivity index (χ3n) is 4.55. The first-order chi connectivity index (χ1) is 12.7. The van der Waals surface area contributed by atoms with E-state index in [1.165, 1.54) is 11.3 Å². The van der Waals surface area contributed by atoms with Gasteiger partial charge in [-0.25, -0.2) is 4.79 Å². The van der Waals surface area contributed by atoms with E-state index in [4.69, 9.17) is 10.5 Å². The van der Waals surface area contributed by atoms with E-state index >= 15 is 0 Å². The summed E-state index contributed by atoms with van der Waals surface area (Å²) in [6.45, 7) is 6.16. The van der Waals surface area contributed by atoms with Gasteiger partial charge in [0.2, 0.25) is 0 Å². The second-order valence-electron chi connectivity index (χ2n) is 7.85. The van der Waals surface area contributed by atoms with E-state index in [-0.39, 0.29) is 24.3 Å². The summed E-state index contributed by atoms with van der Waals surface area (Å²) in [5, 5.41) is 0.528. The molecule has 1 aliphatic heterocycles. The molecule has 2 N–H and O–H groups in total. The Bertz CT molecular complexity index is 824. The maximum Gasteiger partial charge on any atom is 0.410 e. The molecule has 2 heterocycles. The van der Waals surface area contributed by atoms with Crippen LogP contribution in [0.4, 0.5) is 9.80 Å². The molecule has 1 amide bonds. The first kappa shape index (κ1) is 19.4. The molecule has 0 spiro atoms. The van der Waals surface area contributed by atoms with Gasteiger partial charge in [-0.05, 0) is 45.2 Å². The number of ether oxygens (including phenoxy) is 1. The van der Waals surface area contributed by atoms with Gasteiger partial charge in [0.05, 0.1) is 10.6 Å². The van der Waals surface area contributed by atoms with E-state index in [0.717, 1.165) is 23.3 Å². The predicted molar refractivity (Wildman–Crippen MR) is 109 cm³/mol. The number of benzene rings is 1. The van der Waals surface area contributed by atoms with Crippen molar-refractivity contribution in [3.05, 3.63) is 42.0 Å². The van der Waals surface area contributed by atoms with Crippen LogP contribution in [0, 0.1) is 0 Å². The smallest absolute Gasteiger partial charge is 0.410 e. The van der Waals surface area contributed by atoms with Gasteiger partial charge < -0.3 is 15.4 Å². The summed E-state index contributed by atoms with van der Waals surface area (Å²) in [6, 6.07) is 11.6. The maximum absolute atomic E-state index is 12.9. The molecule has 1 aromatic carbocycles. The topological polar surface area (TPSA) is 72.6 Å². The first-order valence-corrected chi connectivity index (χ1v) is 10.0. The lowest BCUT2D eigenvalue weighted by atomic mass is 10.0. The number of rotatable bonds is 4. The predicted octanol–water partition coefficient (Wildman–Crippen LogP) is 4.97. The van der Waals surface area contributed by atoms with Gasteiger partial charge in [0.25, 0.3) is 0 Å². The molecule has 0 radical (unpaired) electrons. The number of nitrogen functional groups attached to an aromatic ring is 1. The van der Waals surface area contributed by atoms with Crippen LogP contribution in [-0.4, -0.2) is 35.0 Å². The normalized spacial score (nSPS) is 17.1. The Kier molecular flexibility index (Phi) is 5.56. The summed E-state index contributed by atoms with van der Waals surface area (Å²) in [7, 11) is 0. The summed E-state index contributed by atoms with van der Waals surface area (Å²) in [5.74, 6) is -0.0219. The molecule has 1 fully saturated rings. The van der Waals surface area contributed by atoms with E-state index in [0.29, 0.717) is 17.1 Å². The molecule has 27 heavy (non-hydrogen) atoms. The van der Waals surface area contributed by atoms with Crippen molar-refractivity contribution in [1.82, 2.24) is 4.90 Å². The molecule has 2 aromatic rings. The van der Waals surface area contributed by atoms with E-state index in [2.05, 4.69) is 0 Å². The van der Waals surface area contributed by atoms with Gasteiger partial charge in [-0.15, -0.1) is 11.3 Å². The fourth-order valence-electron chi connectivity index (χ4n) is 3.30. The zero-order valence-electron chi connectivity index (χ0n) is 16.0. The molecule has 6 heteroatoms. The summed E-state index contributed by atoms with van der Waals surface area (Å²) >= 11 is 1.42. The van der Waals surface area contributed by atoms with Crippen LogP contribution in [0.3, 0.4) is 0 Å². The molecule has 1 saturated heterocycles. The molecule has 0 saturated carbocycles. The summed E-state index contributed by atoms with van der Waals surface area (Å²) in [6.07, 6.45) is 1.61. The lowest BCUT2D eigenvalue weighted by molar-refractivity contribution is 0.0223. The Morgan fingerprint density at radius 3 is 2.63 bits per heavy atom. The van der Waals surface area contributed by atoms with E-state index in [9.17, 15) is 9.59 Å². The number of nitrogens with two attached hydrogens (primary N) is 1. The number of carbonyl (C=O) groups is 2. The number of Topliss-reactive ketones (excluding diaryl/α,β-unsaturated/α-hetero) is 1. The lowest BCUT2D eigenvalue weighted by Gasteiger charge is -2.28. The van der Waals surface area contributed by atoms with Crippen molar-refractivity contribution in [1.29, 1.82) is 0 Å². The molecule has 1 aromatic heterocycles. The highest BCUT2D eigenvalue weighted by molar-refractivity contribution is 7.19. The maximum atomic E-state index is 12.9. The SMILES string of the molecule is CC(C)(C)OC(=O)N1CCC[C@H]1CC(=O)c1cc(-c2ccccc2)sc1N. The van der Waals surface area contributed by atoms with Crippen molar-refractivity contribution >= 4 is 28.2 Å². The highest BCUT2D eigenvalue weighted by Crippen LogP contribution is 2.35. The minimum Gasteiger partial charge on any atom is -0.444 e. The van der Waals surface area contributed by atoms with Gasteiger partial charge in [0.1, 0.15) is 5.60 Å². The average Bonchev–Trinajstić information content (AvgIpc) is 3.20. The van der Waals surface area contributed by atoms with Crippen molar-refractivity contribution in [3.8, 4) is 10.4 Å². The van der Waals surface area contributed by atoms with Crippen LogP contribution in [-0.2, 0) is 4.74 Å². The van der Waals surface area contributed by atoms with Crippen molar-refractivity contribution in [2.45, 2.75) is 51.7 Å². The third-order valence-corrected chi connectivity index (χ3v) is 5.56. The minimum absolute atomic E-state index is 0.0219. The standard InChI is InChI=1S/C21H26N2O3S/c1-21(2,3)26-20(25)23-11-7-10-15(23)12-17(24)16-13-18(27-19(16)22)14-8-5-4-6-9-14/h4-6,8-9,13,15H,7,10-12,22H2,1-3H3/t15-/m0/s1. The number of amides is 1. The second-order valence-corrected chi connectivity index (χ2v) is 8.94. The average molecular weight is 387 g/mol. The summed E-state index contributed by atoms with van der Waals surface area (Å²) in [5.41, 5.74) is 7.18. The number of carbonyl (C=O) groups excluding carboxylic acids is 2. The third kappa shape index (κ3) is 4.69. The van der Waals surface area contributed by atoms with E-state index < -0.39 is 5.60 Å². The molecule has 0 aliphatic carbocycles. The molecular weight excluding hydrogens is 360 g/mol. The van der Waals surface area contributed by atoms with Crippen LogP contribution < -0.4 is 5.73 Å². The Labute approximate surface area is 164 Å². The van der Waals surface area contributed by atoms with Crippen LogP contribution in [0.15, 0.2) is 36.4 Å². The van der Waals surface area contributed by atoms with Crippen LogP contribution >= 0.6 is 11.3 Å². The number of likely N-dealkylation sites (tertiary alicyclic amines) is 1. The number of hydrogen-bond acceptors (Lipinski definition) is 5. The monoisotopic (exact) mass is 386 g/mol. The highest BCUT2D eigenvalue weighted by Gasteiger charge is 2.34. The Balaban J connectivity index is 1.71. The zero-order chi connectivity index (χ0) is 19.6. The second kappa shape index (κ2) is 7.72. The van der Waals surface area contributed by atoms with Gasteiger partial charge in [-0.2, -0.15) is 0 Å². The van der Waals surface area contributed by atoms with Gasteiger partial charge in [0, 0.05) is 23.9 Å². The lowest BCUT2D eigenvalue weighted by Crippen LogP contribution is -2.40. The minimum atomic E-state index is -0.545.